The van der Waals surface area contributed by atoms with Crippen LogP contribution in [0.25, 0.3) is 44.4 Å². The van der Waals surface area contributed by atoms with E-state index in [4.69, 9.17) is 44.0 Å². The SMILES string of the molecule is CC(=O)O.CCC1=C(CC)c2nc1cc1[nH]c(cnc3cc(OCCCO)c(OCCCO)cc3ncc3nc4c2OCCCC4=C3C)c(C)c1CCCO.[Gd+3]. The number of aliphatic carboxylic acids is 1. The fourth-order valence-electron chi connectivity index (χ4n) is 6.91. The number of nitrogens with one attached hydrogen (secondary N) is 1. The standard InChI is InChI=1S/C40H49N5O6.C2H4O2.Gd/c1-5-26-27(6-2)38-40-39-29(12-8-16-51-40)25(4)35(45-39)23-42-33-21-37(50-18-10-15-48)36(49-17-9-14-47)20-32(33)41-22-34-24(3)28(11-7-13-46)31(43-34)19-30(26)44-38;1-2(3)4;/h19-23,43,46-48H,5-18H2,1-4H3;1H3,(H,3,4);/q;;+3. The third kappa shape index (κ3) is 10.6. The van der Waals surface area contributed by atoms with E-state index in [0.29, 0.717) is 68.0 Å². The molecule has 3 aliphatic heterocycles. The fourth-order valence-corrected chi connectivity index (χ4v) is 6.91. The van der Waals surface area contributed by atoms with E-state index in [1.165, 1.54) is 11.1 Å². The Morgan fingerprint density at radius 2 is 1.41 bits per heavy atom. The quantitative estimate of drug-likeness (QED) is 0.110. The smallest absolute Gasteiger partial charge is 0.490 e. The Bertz CT molecular complexity index is 2140. The molecule has 6 rings (SSSR count). The first-order chi connectivity index (χ1) is 26.6. The molecular weight excluding hydrogens is 860 g/mol. The van der Waals surface area contributed by atoms with Crippen LogP contribution in [0.1, 0.15) is 107 Å². The molecule has 14 heteroatoms. The average molecular weight is 913 g/mol. The van der Waals surface area contributed by atoms with Crippen molar-refractivity contribution < 1.29 is 79.4 Å². The maximum atomic E-state index is 9.77. The summed E-state index contributed by atoms with van der Waals surface area (Å²) in [5.74, 6) is 0.834. The molecule has 0 amide bonds. The largest absolute Gasteiger partial charge is 3.00 e. The molecule has 5 heterocycles. The summed E-state index contributed by atoms with van der Waals surface area (Å²) in [6, 6.07) is 5.73. The second-order valence-electron chi connectivity index (χ2n) is 13.4. The van der Waals surface area contributed by atoms with E-state index in [1.807, 2.05) is 0 Å². The third-order valence-corrected chi connectivity index (χ3v) is 9.64. The summed E-state index contributed by atoms with van der Waals surface area (Å²) in [5, 5.41) is 36.0. The number of nitrogens with zero attached hydrogens (tertiary/aromatic N) is 4. The minimum absolute atomic E-state index is 0. The molecule has 299 valence electrons. The second kappa shape index (κ2) is 21.7. The molecule has 0 saturated carbocycles. The number of rotatable bonds is 13. The van der Waals surface area contributed by atoms with Gasteiger partial charge in [0.15, 0.2) is 17.2 Å². The number of carboxylic acid groups (broad SMARTS) is 1. The Labute approximate surface area is 359 Å². The van der Waals surface area contributed by atoms with Crippen molar-refractivity contribution in [3.8, 4) is 17.2 Å². The van der Waals surface area contributed by atoms with E-state index in [2.05, 4.69) is 38.7 Å². The van der Waals surface area contributed by atoms with Crippen molar-refractivity contribution in [2.24, 2.45) is 0 Å². The van der Waals surface area contributed by atoms with Crippen LogP contribution in [-0.2, 0) is 11.2 Å². The Morgan fingerprint density at radius 3 is 2.00 bits per heavy atom. The maximum absolute atomic E-state index is 9.77. The molecule has 2 aromatic heterocycles. The molecule has 6 bridgehead atoms. The first-order valence-corrected chi connectivity index (χ1v) is 19.1. The predicted molar refractivity (Wildman–Crippen MR) is 214 cm³/mol. The summed E-state index contributed by atoms with van der Waals surface area (Å²) in [5.41, 5.74) is 12.9. The van der Waals surface area contributed by atoms with Gasteiger partial charge in [-0.25, -0.2) is 9.97 Å². The molecule has 0 aliphatic carbocycles. The van der Waals surface area contributed by atoms with Gasteiger partial charge in [-0.05, 0) is 91.9 Å². The number of allylic oxidation sites excluding steroid dienone is 4. The van der Waals surface area contributed by atoms with E-state index in [0.717, 1.165) is 94.4 Å². The molecule has 3 aliphatic rings. The molecule has 0 saturated heterocycles. The number of aryl methyl sites for hydroxylation is 2. The van der Waals surface area contributed by atoms with Crippen LogP contribution in [0.3, 0.4) is 0 Å². The van der Waals surface area contributed by atoms with Crippen molar-refractivity contribution in [1.29, 1.82) is 0 Å². The van der Waals surface area contributed by atoms with Gasteiger partial charge in [-0.15, -0.1) is 0 Å². The van der Waals surface area contributed by atoms with E-state index in [9.17, 15) is 15.3 Å². The molecule has 1 radical (unpaired) electrons. The van der Waals surface area contributed by atoms with Gasteiger partial charge in [-0.1, -0.05) is 13.8 Å². The number of H-pyrrole nitrogens is 1. The van der Waals surface area contributed by atoms with E-state index in [1.54, 1.807) is 24.5 Å². The van der Waals surface area contributed by atoms with E-state index in [-0.39, 0.29) is 59.8 Å². The number of hydrogen-bond donors (Lipinski definition) is 5. The zero-order valence-electron chi connectivity index (χ0n) is 32.9. The number of aliphatic hydroxyl groups is 3. The number of ether oxygens (including phenoxy) is 3. The Balaban J connectivity index is 0.00000133. The molecule has 56 heavy (non-hydrogen) atoms. The maximum Gasteiger partial charge on any atom is 3.00 e. The number of aromatic nitrogens is 5. The van der Waals surface area contributed by atoms with Gasteiger partial charge in [0.2, 0.25) is 0 Å². The van der Waals surface area contributed by atoms with Crippen molar-refractivity contribution in [2.45, 2.75) is 86.0 Å². The van der Waals surface area contributed by atoms with Gasteiger partial charge in [-0.2, -0.15) is 0 Å². The predicted octanol–water partition coefficient (Wildman–Crippen LogP) is 7.02. The fraction of sp³-hybridized carbons (Fsp3) is 0.452. The third-order valence-electron chi connectivity index (χ3n) is 9.64. The van der Waals surface area contributed by atoms with Crippen LogP contribution < -0.4 is 14.2 Å². The van der Waals surface area contributed by atoms with Crippen molar-refractivity contribution in [1.82, 2.24) is 24.9 Å². The average Bonchev–Trinajstić information content (AvgIpc) is 3.71. The Hall–Kier alpha value is -3.79. The molecule has 0 fully saturated rings. The summed E-state index contributed by atoms with van der Waals surface area (Å²) in [6.45, 7) is 10.8. The summed E-state index contributed by atoms with van der Waals surface area (Å²) in [7, 11) is 0. The van der Waals surface area contributed by atoms with Gasteiger partial charge in [0, 0.05) is 57.2 Å². The van der Waals surface area contributed by atoms with Crippen molar-refractivity contribution >= 4 is 50.3 Å². The minimum Gasteiger partial charge on any atom is -0.490 e. The van der Waals surface area contributed by atoms with Crippen LogP contribution in [0.2, 0.25) is 0 Å². The first kappa shape index (κ1) is 44.9. The summed E-state index contributed by atoms with van der Waals surface area (Å²) < 4.78 is 18.6. The second-order valence-corrected chi connectivity index (χ2v) is 13.4. The molecule has 0 spiro atoms. The Morgan fingerprint density at radius 1 is 0.821 bits per heavy atom. The molecular formula is C42H53GdN5O8+3. The van der Waals surface area contributed by atoms with Crippen molar-refractivity contribution in [2.75, 3.05) is 39.6 Å². The Kier molecular flexibility index (Phi) is 17.4. The van der Waals surface area contributed by atoms with Crippen LogP contribution in [0.5, 0.6) is 17.2 Å². The van der Waals surface area contributed by atoms with Gasteiger partial charge in [0.1, 0.15) is 11.4 Å². The first-order valence-electron chi connectivity index (χ1n) is 19.1. The van der Waals surface area contributed by atoms with Crippen LogP contribution in [-0.4, -0.2) is 91.0 Å². The van der Waals surface area contributed by atoms with Crippen molar-refractivity contribution in [3.05, 3.63) is 64.5 Å². The number of fused-ring (bicyclic) bond motifs is 7. The van der Waals surface area contributed by atoms with Crippen molar-refractivity contribution in [3.63, 3.8) is 0 Å². The number of aliphatic hydroxyl groups excluding tert-OH is 3. The van der Waals surface area contributed by atoms with E-state index < -0.39 is 5.97 Å². The number of carbonyl (C=O) groups is 1. The zero-order valence-corrected chi connectivity index (χ0v) is 35.1. The van der Waals surface area contributed by atoms with Crippen LogP contribution >= 0.6 is 0 Å². The van der Waals surface area contributed by atoms with E-state index >= 15 is 0 Å². The zero-order chi connectivity index (χ0) is 39.5. The monoisotopic (exact) mass is 913 g/mol. The van der Waals surface area contributed by atoms with Crippen LogP contribution in [0.4, 0.5) is 0 Å². The molecule has 3 aromatic rings. The number of aromatic amines is 1. The molecule has 0 atom stereocenters. The van der Waals surface area contributed by atoms with Gasteiger partial charge in [0.25, 0.3) is 5.97 Å². The summed E-state index contributed by atoms with van der Waals surface area (Å²) in [4.78, 5) is 32.9. The summed E-state index contributed by atoms with van der Waals surface area (Å²) >= 11 is 0. The number of hydrogen-bond acceptors (Lipinski definition) is 11. The summed E-state index contributed by atoms with van der Waals surface area (Å²) in [6.07, 6.45) is 9.14. The van der Waals surface area contributed by atoms with Crippen LogP contribution in [0, 0.1) is 46.9 Å². The molecule has 1 aromatic carbocycles. The topological polar surface area (TPSA) is 193 Å². The van der Waals surface area contributed by atoms with Gasteiger partial charge < -0.3 is 39.6 Å². The molecule has 13 nitrogen and oxygen atoms in total. The minimum atomic E-state index is -0.833. The van der Waals surface area contributed by atoms with Gasteiger partial charge in [0.05, 0.1) is 60.2 Å². The van der Waals surface area contributed by atoms with Crippen LogP contribution in [0.15, 0.2) is 30.6 Å². The normalized spacial score (nSPS) is 13.2. The van der Waals surface area contributed by atoms with Gasteiger partial charge >= 0.3 is 39.9 Å². The molecule has 5 N–H and O–H groups in total. The number of benzene rings is 1. The van der Waals surface area contributed by atoms with Gasteiger partial charge in [-0.3, -0.25) is 14.8 Å². The molecule has 0 unspecified atom stereocenters. The number of carboxylic acids is 1.